The zero-order chi connectivity index (χ0) is 17.8. The van der Waals surface area contributed by atoms with Crippen LogP contribution in [0.1, 0.15) is 26.0 Å². The number of nitrogens with one attached hydrogen (secondary N) is 1. The van der Waals surface area contributed by atoms with Crippen LogP contribution in [0, 0.1) is 17.1 Å². The van der Waals surface area contributed by atoms with Gasteiger partial charge in [-0.05, 0) is 30.9 Å². The third kappa shape index (κ3) is 3.63. The van der Waals surface area contributed by atoms with Crippen LogP contribution in [0.2, 0.25) is 0 Å². The van der Waals surface area contributed by atoms with Gasteiger partial charge in [-0.25, -0.2) is 14.4 Å². The molecule has 0 fully saturated rings. The van der Waals surface area contributed by atoms with E-state index in [1.807, 2.05) is 19.9 Å². The Kier molecular flexibility index (Phi) is 4.70. The quantitative estimate of drug-likeness (QED) is 0.759. The minimum absolute atomic E-state index is 0.0848. The van der Waals surface area contributed by atoms with Crippen molar-refractivity contribution >= 4 is 22.4 Å². The number of halogens is 1. The van der Waals surface area contributed by atoms with Crippen molar-refractivity contribution in [2.75, 3.05) is 5.32 Å². The van der Waals surface area contributed by atoms with Gasteiger partial charge in [0.05, 0.1) is 12.3 Å². The summed E-state index contributed by atoms with van der Waals surface area (Å²) >= 11 is 0. The number of nitrogens with zero attached hydrogens (tertiary/aromatic N) is 4. The highest BCUT2D eigenvalue weighted by Gasteiger charge is 2.12. The van der Waals surface area contributed by atoms with Gasteiger partial charge < -0.3 is 10.1 Å². The van der Waals surface area contributed by atoms with Crippen molar-refractivity contribution in [3.05, 3.63) is 48.2 Å². The molecule has 0 radical (unpaired) electrons. The van der Waals surface area contributed by atoms with Crippen LogP contribution in [0.5, 0.6) is 5.88 Å². The van der Waals surface area contributed by atoms with Crippen molar-refractivity contribution in [2.24, 2.45) is 0 Å². The Morgan fingerprint density at radius 3 is 2.88 bits per heavy atom. The lowest BCUT2D eigenvalue weighted by molar-refractivity contribution is 0.207. The number of fused-ring (bicyclic) bond motifs is 1. The van der Waals surface area contributed by atoms with E-state index < -0.39 is 0 Å². The Morgan fingerprint density at radius 1 is 1.28 bits per heavy atom. The second-order valence-corrected chi connectivity index (χ2v) is 5.51. The molecule has 126 valence electrons. The third-order valence-corrected chi connectivity index (χ3v) is 3.70. The van der Waals surface area contributed by atoms with Gasteiger partial charge in [0.2, 0.25) is 5.69 Å². The predicted molar refractivity (Wildman–Crippen MR) is 92.1 cm³/mol. The van der Waals surface area contributed by atoms with E-state index in [9.17, 15) is 4.39 Å². The molecule has 1 N–H and O–H groups in total. The minimum atomic E-state index is -0.320. The maximum absolute atomic E-state index is 13.7. The van der Waals surface area contributed by atoms with E-state index in [-0.39, 0.29) is 23.5 Å². The SMILES string of the molecule is CC[C@@H](C)Oc1nc(Nc2cc3cccc(F)c3cn2)cnc1C#N. The van der Waals surface area contributed by atoms with E-state index in [2.05, 4.69) is 20.3 Å². The summed E-state index contributed by atoms with van der Waals surface area (Å²) in [5.74, 6) is 0.736. The van der Waals surface area contributed by atoms with Gasteiger partial charge in [0, 0.05) is 11.6 Å². The zero-order valence-electron chi connectivity index (χ0n) is 13.8. The van der Waals surface area contributed by atoms with E-state index >= 15 is 0 Å². The van der Waals surface area contributed by atoms with Crippen molar-refractivity contribution in [1.29, 1.82) is 5.26 Å². The van der Waals surface area contributed by atoms with Crippen molar-refractivity contribution in [3.8, 4) is 11.9 Å². The molecule has 1 atom stereocenters. The van der Waals surface area contributed by atoms with Gasteiger partial charge in [0.25, 0.3) is 5.88 Å². The first-order valence-corrected chi connectivity index (χ1v) is 7.85. The molecule has 2 heterocycles. The first-order chi connectivity index (χ1) is 12.1. The molecule has 0 aliphatic carbocycles. The Morgan fingerprint density at radius 2 is 2.12 bits per heavy atom. The summed E-state index contributed by atoms with van der Waals surface area (Å²) in [4.78, 5) is 12.5. The molecular formula is C18H16FN5O. The second kappa shape index (κ2) is 7.09. The molecule has 0 aliphatic rings. The van der Waals surface area contributed by atoms with Crippen LogP contribution in [0.4, 0.5) is 16.0 Å². The average Bonchev–Trinajstić information content (AvgIpc) is 2.62. The van der Waals surface area contributed by atoms with Gasteiger partial charge in [0.1, 0.15) is 17.7 Å². The lowest BCUT2D eigenvalue weighted by Gasteiger charge is -2.13. The normalized spacial score (nSPS) is 11.8. The highest BCUT2D eigenvalue weighted by molar-refractivity contribution is 5.84. The number of pyridine rings is 1. The van der Waals surface area contributed by atoms with Crippen LogP contribution in [0.3, 0.4) is 0 Å². The maximum atomic E-state index is 13.7. The van der Waals surface area contributed by atoms with Crippen molar-refractivity contribution in [3.63, 3.8) is 0 Å². The summed E-state index contributed by atoms with van der Waals surface area (Å²) in [5.41, 5.74) is 0.124. The highest BCUT2D eigenvalue weighted by Crippen LogP contribution is 2.23. The molecule has 7 heteroatoms. The smallest absolute Gasteiger partial charge is 0.253 e. The largest absolute Gasteiger partial charge is 0.473 e. The lowest BCUT2D eigenvalue weighted by atomic mass is 10.1. The highest BCUT2D eigenvalue weighted by atomic mass is 19.1. The standard InChI is InChI=1S/C18H16FN5O/c1-3-11(2)25-18-15(8-20)21-10-17(24-18)23-16-7-12-5-4-6-14(19)13(12)9-22-16/h4-7,9-11H,3H2,1-2H3,(H,22,23,24)/t11-/m1/s1. The molecule has 2 aromatic heterocycles. The monoisotopic (exact) mass is 337 g/mol. The molecule has 1 aromatic carbocycles. The Labute approximate surface area is 144 Å². The molecule has 6 nitrogen and oxygen atoms in total. The average molecular weight is 337 g/mol. The molecule has 0 saturated carbocycles. The minimum Gasteiger partial charge on any atom is -0.473 e. The number of hydrogen-bond donors (Lipinski definition) is 1. The zero-order valence-corrected chi connectivity index (χ0v) is 13.8. The van der Waals surface area contributed by atoms with Crippen LogP contribution < -0.4 is 10.1 Å². The van der Waals surface area contributed by atoms with E-state index in [0.717, 1.165) is 11.8 Å². The molecule has 0 bridgehead atoms. The van der Waals surface area contributed by atoms with E-state index in [0.29, 0.717) is 17.0 Å². The van der Waals surface area contributed by atoms with Crippen molar-refractivity contribution in [2.45, 2.75) is 26.4 Å². The van der Waals surface area contributed by atoms with Crippen LogP contribution in [0.15, 0.2) is 36.7 Å². The van der Waals surface area contributed by atoms with Gasteiger partial charge in [-0.1, -0.05) is 19.1 Å². The van der Waals surface area contributed by atoms with Crippen LogP contribution in [0.25, 0.3) is 10.8 Å². The van der Waals surface area contributed by atoms with Crippen LogP contribution in [-0.2, 0) is 0 Å². The molecule has 0 spiro atoms. The topological polar surface area (TPSA) is 83.7 Å². The lowest BCUT2D eigenvalue weighted by Crippen LogP contribution is -2.13. The van der Waals surface area contributed by atoms with E-state index in [4.69, 9.17) is 10.00 Å². The summed E-state index contributed by atoms with van der Waals surface area (Å²) in [5, 5.41) is 13.3. The predicted octanol–water partition coefficient (Wildman–Crippen LogP) is 3.96. The Bertz CT molecular complexity index is 954. The second-order valence-electron chi connectivity index (χ2n) is 5.51. The Hall–Kier alpha value is -3.27. The Balaban J connectivity index is 1.90. The van der Waals surface area contributed by atoms with E-state index in [1.54, 1.807) is 18.2 Å². The number of hydrogen-bond acceptors (Lipinski definition) is 6. The van der Waals surface area contributed by atoms with Crippen molar-refractivity contribution in [1.82, 2.24) is 15.0 Å². The first kappa shape index (κ1) is 16.6. The molecule has 0 aliphatic heterocycles. The fraction of sp³-hybridized carbons (Fsp3) is 0.222. The summed E-state index contributed by atoms with van der Waals surface area (Å²) in [6.45, 7) is 3.87. The first-order valence-electron chi connectivity index (χ1n) is 7.85. The fourth-order valence-electron chi connectivity index (χ4n) is 2.20. The molecule has 3 rings (SSSR count). The van der Waals surface area contributed by atoms with Gasteiger partial charge in [-0.15, -0.1) is 0 Å². The number of ether oxygens (including phenoxy) is 1. The summed E-state index contributed by atoms with van der Waals surface area (Å²) < 4.78 is 19.3. The molecule has 25 heavy (non-hydrogen) atoms. The van der Waals surface area contributed by atoms with Crippen molar-refractivity contribution < 1.29 is 9.13 Å². The van der Waals surface area contributed by atoms with Crippen LogP contribution >= 0.6 is 0 Å². The maximum Gasteiger partial charge on any atom is 0.253 e. The van der Waals surface area contributed by atoms with E-state index in [1.165, 1.54) is 18.5 Å². The van der Waals surface area contributed by atoms with Gasteiger partial charge in [-0.3, -0.25) is 0 Å². The summed E-state index contributed by atoms with van der Waals surface area (Å²) in [6, 6.07) is 8.51. The third-order valence-electron chi connectivity index (χ3n) is 3.70. The number of benzene rings is 1. The number of aromatic nitrogens is 3. The van der Waals surface area contributed by atoms with Gasteiger partial charge in [0.15, 0.2) is 5.82 Å². The van der Waals surface area contributed by atoms with Crippen LogP contribution in [-0.4, -0.2) is 21.1 Å². The summed E-state index contributed by atoms with van der Waals surface area (Å²) in [6.07, 6.45) is 3.58. The number of rotatable bonds is 5. The molecule has 0 saturated heterocycles. The molecule has 0 amide bonds. The molecule has 3 aromatic rings. The fourth-order valence-corrected chi connectivity index (χ4v) is 2.20. The molecule has 0 unspecified atom stereocenters. The molecular weight excluding hydrogens is 321 g/mol. The van der Waals surface area contributed by atoms with Gasteiger partial charge >= 0.3 is 0 Å². The number of nitriles is 1. The van der Waals surface area contributed by atoms with Gasteiger partial charge in [-0.2, -0.15) is 10.2 Å². The number of anilines is 2. The summed E-state index contributed by atoms with van der Waals surface area (Å²) in [7, 11) is 0.